The lowest BCUT2D eigenvalue weighted by Crippen LogP contribution is -2.44. The van der Waals surface area contributed by atoms with Crippen molar-refractivity contribution in [2.75, 3.05) is 12.4 Å². The van der Waals surface area contributed by atoms with Crippen LogP contribution in [0.4, 0.5) is 0 Å². The van der Waals surface area contributed by atoms with Crippen LogP contribution in [0.25, 0.3) is 0 Å². The molecule has 5 nitrogen and oxygen atoms in total. The molecule has 0 radical (unpaired) electrons. The number of hydrogen-bond donors (Lipinski definition) is 1. The lowest BCUT2D eigenvalue weighted by atomic mass is 10.0. The maximum absolute atomic E-state index is 12.6. The van der Waals surface area contributed by atoms with Crippen LogP contribution in [0, 0.1) is 6.92 Å². The molecule has 0 bridgehead atoms. The summed E-state index contributed by atoms with van der Waals surface area (Å²) < 4.78 is 36.9. The van der Waals surface area contributed by atoms with Gasteiger partial charge in [0.1, 0.15) is 0 Å². The van der Waals surface area contributed by atoms with Crippen LogP contribution < -0.4 is 0 Å². The van der Waals surface area contributed by atoms with Gasteiger partial charge in [-0.3, -0.25) is 0 Å². The standard InChI is InChI=1S/C21H26O5S/c1-16-7-10-19(11-8-16)27(23,24)15-21-20(22)12-9-18(26-21)14-25-13-17-5-3-2-4-6-17/h2-8,10-11,18,20-22H,9,12-15H2,1H3/t18-,20+,21+/m0/s1. The van der Waals surface area contributed by atoms with Crippen LogP contribution in [0.1, 0.15) is 24.0 Å². The number of hydrogen-bond acceptors (Lipinski definition) is 5. The lowest BCUT2D eigenvalue weighted by molar-refractivity contribution is -0.129. The second-order valence-electron chi connectivity index (χ2n) is 7.04. The van der Waals surface area contributed by atoms with E-state index >= 15 is 0 Å². The maximum atomic E-state index is 12.6. The minimum Gasteiger partial charge on any atom is -0.390 e. The van der Waals surface area contributed by atoms with E-state index in [9.17, 15) is 13.5 Å². The Morgan fingerprint density at radius 2 is 1.78 bits per heavy atom. The van der Waals surface area contributed by atoms with Crippen LogP contribution in [0.2, 0.25) is 0 Å². The van der Waals surface area contributed by atoms with E-state index in [0.717, 1.165) is 11.1 Å². The molecule has 1 heterocycles. The van der Waals surface area contributed by atoms with Gasteiger partial charge in [-0.25, -0.2) is 8.42 Å². The summed E-state index contributed by atoms with van der Waals surface area (Å²) in [7, 11) is -3.52. The first-order valence-corrected chi connectivity index (χ1v) is 10.8. The molecule has 1 fully saturated rings. The summed E-state index contributed by atoms with van der Waals surface area (Å²) in [6.45, 7) is 2.77. The van der Waals surface area contributed by atoms with Crippen LogP contribution in [-0.2, 0) is 25.9 Å². The highest BCUT2D eigenvalue weighted by Gasteiger charge is 2.34. The van der Waals surface area contributed by atoms with E-state index in [2.05, 4.69) is 0 Å². The number of aliphatic hydroxyl groups is 1. The van der Waals surface area contributed by atoms with Crippen LogP contribution in [0.5, 0.6) is 0 Å². The predicted octanol–water partition coefficient (Wildman–Crippen LogP) is 2.89. The van der Waals surface area contributed by atoms with Crippen molar-refractivity contribution >= 4 is 9.84 Å². The number of aryl methyl sites for hydroxylation is 1. The zero-order valence-electron chi connectivity index (χ0n) is 15.5. The van der Waals surface area contributed by atoms with Crippen molar-refractivity contribution in [1.82, 2.24) is 0 Å². The summed E-state index contributed by atoms with van der Waals surface area (Å²) in [5.41, 5.74) is 2.07. The van der Waals surface area contributed by atoms with E-state index in [-0.39, 0.29) is 16.8 Å². The molecule has 1 saturated heterocycles. The van der Waals surface area contributed by atoms with Gasteiger partial charge in [0.2, 0.25) is 0 Å². The summed E-state index contributed by atoms with van der Waals surface area (Å²) in [4.78, 5) is 0.256. The first-order valence-electron chi connectivity index (χ1n) is 9.19. The largest absolute Gasteiger partial charge is 0.390 e. The number of sulfone groups is 1. The molecule has 3 atom stereocenters. The second-order valence-corrected chi connectivity index (χ2v) is 9.07. The van der Waals surface area contributed by atoms with Crippen molar-refractivity contribution in [3.05, 3.63) is 65.7 Å². The molecule has 1 aliphatic heterocycles. The van der Waals surface area contributed by atoms with Crippen LogP contribution in [-0.4, -0.2) is 44.2 Å². The molecule has 27 heavy (non-hydrogen) atoms. The fraction of sp³-hybridized carbons (Fsp3) is 0.429. The molecule has 2 aromatic carbocycles. The molecule has 146 valence electrons. The average Bonchev–Trinajstić information content (AvgIpc) is 2.65. The summed E-state index contributed by atoms with van der Waals surface area (Å²) in [5.74, 6) is -0.230. The molecule has 6 heteroatoms. The first kappa shape index (κ1) is 20.0. The number of aliphatic hydroxyl groups excluding tert-OH is 1. The SMILES string of the molecule is Cc1ccc(S(=O)(=O)C[C@H]2O[C@H](COCc3ccccc3)CC[C@H]2O)cc1. The Balaban J connectivity index is 1.56. The van der Waals surface area contributed by atoms with E-state index in [4.69, 9.17) is 9.47 Å². The first-order chi connectivity index (χ1) is 12.9. The van der Waals surface area contributed by atoms with Crippen molar-refractivity contribution in [3.8, 4) is 0 Å². The van der Waals surface area contributed by atoms with Gasteiger partial charge in [0.15, 0.2) is 9.84 Å². The van der Waals surface area contributed by atoms with Crippen molar-refractivity contribution in [2.45, 2.75) is 49.6 Å². The number of benzene rings is 2. The maximum Gasteiger partial charge on any atom is 0.181 e. The molecule has 3 rings (SSSR count). The zero-order chi connectivity index (χ0) is 19.3. The Bertz CT molecular complexity index is 817. The molecule has 0 unspecified atom stereocenters. The third kappa shape index (κ3) is 5.62. The molecule has 1 aliphatic rings. The molecular formula is C21H26O5S. The zero-order valence-corrected chi connectivity index (χ0v) is 16.3. The van der Waals surface area contributed by atoms with Gasteiger partial charge in [-0.2, -0.15) is 0 Å². The molecule has 0 aromatic heterocycles. The van der Waals surface area contributed by atoms with E-state index in [1.165, 1.54) is 0 Å². The average molecular weight is 391 g/mol. The number of rotatable bonds is 7. The van der Waals surface area contributed by atoms with Gasteiger partial charge in [0, 0.05) is 0 Å². The van der Waals surface area contributed by atoms with Crippen molar-refractivity contribution < 1.29 is 23.0 Å². The molecule has 0 aliphatic carbocycles. The normalized spacial score (nSPS) is 23.3. The Hall–Kier alpha value is -1.73. The second kappa shape index (κ2) is 8.97. The fourth-order valence-electron chi connectivity index (χ4n) is 3.16. The van der Waals surface area contributed by atoms with Gasteiger partial charge < -0.3 is 14.6 Å². The van der Waals surface area contributed by atoms with Crippen LogP contribution in [0.3, 0.4) is 0 Å². The topological polar surface area (TPSA) is 72.8 Å². The molecule has 0 amide bonds. The Morgan fingerprint density at radius 1 is 1.07 bits per heavy atom. The molecule has 2 aromatic rings. The molecule has 0 spiro atoms. The highest BCUT2D eigenvalue weighted by Crippen LogP contribution is 2.24. The summed E-state index contributed by atoms with van der Waals surface area (Å²) in [5, 5.41) is 10.2. The third-order valence-electron chi connectivity index (χ3n) is 4.76. The highest BCUT2D eigenvalue weighted by molar-refractivity contribution is 7.91. The van der Waals surface area contributed by atoms with Gasteiger partial charge in [0.05, 0.1) is 42.2 Å². The van der Waals surface area contributed by atoms with Gasteiger partial charge in [0.25, 0.3) is 0 Å². The number of ether oxygens (including phenoxy) is 2. The summed E-state index contributed by atoms with van der Waals surface area (Å²) in [6.07, 6.45) is -0.578. The smallest absolute Gasteiger partial charge is 0.181 e. The minimum absolute atomic E-state index is 0.213. The van der Waals surface area contributed by atoms with Crippen LogP contribution >= 0.6 is 0 Å². The van der Waals surface area contributed by atoms with Crippen LogP contribution in [0.15, 0.2) is 59.5 Å². The van der Waals surface area contributed by atoms with Gasteiger partial charge in [-0.1, -0.05) is 48.0 Å². The molecular weight excluding hydrogens is 364 g/mol. The van der Waals surface area contributed by atoms with Gasteiger partial charge >= 0.3 is 0 Å². The molecule has 1 N–H and O–H groups in total. The van der Waals surface area contributed by atoms with E-state index in [1.54, 1.807) is 24.3 Å². The van der Waals surface area contributed by atoms with E-state index in [0.29, 0.717) is 26.1 Å². The van der Waals surface area contributed by atoms with Crippen molar-refractivity contribution in [2.24, 2.45) is 0 Å². The monoisotopic (exact) mass is 390 g/mol. The predicted molar refractivity (Wildman–Crippen MR) is 103 cm³/mol. The third-order valence-corrected chi connectivity index (χ3v) is 6.52. The quantitative estimate of drug-likeness (QED) is 0.787. The van der Waals surface area contributed by atoms with E-state index < -0.39 is 22.0 Å². The lowest BCUT2D eigenvalue weighted by Gasteiger charge is -2.33. The van der Waals surface area contributed by atoms with Crippen molar-refractivity contribution in [1.29, 1.82) is 0 Å². The van der Waals surface area contributed by atoms with E-state index in [1.807, 2.05) is 37.3 Å². The highest BCUT2D eigenvalue weighted by atomic mass is 32.2. The fourth-order valence-corrected chi connectivity index (χ4v) is 4.64. The Kier molecular flexibility index (Phi) is 6.65. The Labute approximate surface area is 160 Å². The summed E-state index contributed by atoms with van der Waals surface area (Å²) >= 11 is 0. The van der Waals surface area contributed by atoms with Gasteiger partial charge in [-0.05, 0) is 37.5 Å². The minimum atomic E-state index is -3.52. The summed E-state index contributed by atoms with van der Waals surface area (Å²) in [6, 6.07) is 16.6. The Morgan fingerprint density at radius 3 is 2.48 bits per heavy atom. The molecule has 0 saturated carbocycles. The van der Waals surface area contributed by atoms with Gasteiger partial charge in [-0.15, -0.1) is 0 Å². The van der Waals surface area contributed by atoms with Crippen molar-refractivity contribution in [3.63, 3.8) is 0 Å².